The molecule has 1 rings (SSSR count). The van der Waals surface area contributed by atoms with E-state index in [1.54, 1.807) is 0 Å². The summed E-state index contributed by atoms with van der Waals surface area (Å²) in [6, 6.07) is 0. The van der Waals surface area contributed by atoms with Crippen molar-refractivity contribution in [2.75, 3.05) is 14.1 Å². The molecule has 1 aliphatic rings. The molecule has 0 amide bonds. The Labute approximate surface area is 99.7 Å². The summed E-state index contributed by atoms with van der Waals surface area (Å²) in [5.74, 6) is 0.305. The Balaban J connectivity index is 2.78. The summed E-state index contributed by atoms with van der Waals surface area (Å²) in [6.07, 6.45) is 9.20. The van der Waals surface area contributed by atoms with E-state index >= 15 is 0 Å². The van der Waals surface area contributed by atoms with Gasteiger partial charge in [-0.3, -0.25) is 9.69 Å². The predicted octanol–water partition coefficient (Wildman–Crippen LogP) is 3.18. The number of carbonyl (C=O) groups excluding carboxylic acids is 1. The lowest BCUT2D eigenvalue weighted by atomic mass is 9.87. The Morgan fingerprint density at radius 2 is 1.81 bits per heavy atom. The Morgan fingerprint density at radius 1 is 1.19 bits per heavy atom. The van der Waals surface area contributed by atoms with Crippen LogP contribution in [0.5, 0.6) is 0 Å². The average molecular weight is 223 g/mol. The van der Waals surface area contributed by atoms with E-state index in [0.29, 0.717) is 5.78 Å². The lowest BCUT2D eigenvalue weighted by Crippen LogP contribution is -2.46. The van der Waals surface area contributed by atoms with Crippen LogP contribution in [0.4, 0.5) is 0 Å². The molecule has 0 spiro atoms. The van der Waals surface area contributed by atoms with Crippen LogP contribution >= 0.6 is 0 Å². The van der Waals surface area contributed by atoms with Crippen LogP contribution in [0.3, 0.4) is 0 Å². The fourth-order valence-corrected chi connectivity index (χ4v) is 1.99. The second-order valence-electron chi connectivity index (χ2n) is 5.46. The van der Waals surface area contributed by atoms with Crippen LogP contribution in [0, 0.1) is 0 Å². The molecule has 0 atom stereocenters. The van der Waals surface area contributed by atoms with Crippen molar-refractivity contribution >= 4 is 5.78 Å². The third-order valence-corrected chi connectivity index (χ3v) is 3.76. The summed E-state index contributed by atoms with van der Waals surface area (Å²) in [7, 11) is 3.95. The molecule has 1 aliphatic carbocycles. The molecular weight excluding hydrogens is 198 g/mol. The van der Waals surface area contributed by atoms with Crippen LogP contribution in [0.25, 0.3) is 0 Å². The van der Waals surface area contributed by atoms with Crippen LogP contribution in [0.2, 0.25) is 0 Å². The van der Waals surface area contributed by atoms with Crippen molar-refractivity contribution in [2.45, 2.75) is 57.9 Å². The van der Waals surface area contributed by atoms with Gasteiger partial charge < -0.3 is 0 Å². The molecule has 92 valence electrons. The number of allylic oxidation sites excluding steroid dienone is 1. The van der Waals surface area contributed by atoms with Crippen molar-refractivity contribution in [3.63, 3.8) is 0 Å². The van der Waals surface area contributed by atoms with E-state index in [1.165, 1.54) is 25.7 Å². The predicted molar refractivity (Wildman–Crippen MR) is 68.6 cm³/mol. The smallest absolute Gasteiger partial charge is 0.178 e. The minimum atomic E-state index is -0.370. The maximum atomic E-state index is 12.4. The summed E-state index contributed by atoms with van der Waals surface area (Å²) in [5.41, 5.74) is 0.684. The molecule has 16 heavy (non-hydrogen) atoms. The first-order valence-corrected chi connectivity index (χ1v) is 6.37. The van der Waals surface area contributed by atoms with Gasteiger partial charge in [-0.25, -0.2) is 0 Å². The normalized spacial score (nSPS) is 18.9. The lowest BCUT2D eigenvalue weighted by molar-refractivity contribution is -0.124. The van der Waals surface area contributed by atoms with Gasteiger partial charge >= 0.3 is 0 Å². The van der Waals surface area contributed by atoms with Crippen molar-refractivity contribution in [1.82, 2.24) is 4.90 Å². The minimum absolute atomic E-state index is 0.305. The Morgan fingerprint density at radius 3 is 2.44 bits per heavy atom. The molecule has 0 saturated carbocycles. The zero-order valence-corrected chi connectivity index (χ0v) is 11.2. The first-order chi connectivity index (χ1) is 7.46. The van der Waals surface area contributed by atoms with Gasteiger partial charge in [-0.2, -0.15) is 0 Å². The number of likely N-dealkylation sites (N-methyl/N-ethyl adjacent to an activating group) is 1. The largest absolute Gasteiger partial charge is 0.297 e. The molecule has 0 saturated heterocycles. The topological polar surface area (TPSA) is 20.3 Å². The van der Waals surface area contributed by atoms with Gasteiger partial charge in [-0.1, -0.05) is 18.9 Å². The van der Waals surface area contributed by atoms with Crippen LogP contribution in [-0.2, 0) is 4.79 Å². The molecule has 0 heterocycles. The minimum Gasteiger partial charge on any atom is -0.297 e. The summed E-state index contributed by atoms with van der Waals surface area (Å²) in [5, 5.41) is 0. The summed E-state index contributed by atoms with van der Waals surface area (Å²) in [6.45, 7) is 4.02. The number of nitrogens with zero attached hydrogens (tertiary/aromatic N) is 1. The molecule has 0 radical (unpaired) electrons. The third kappa shape index (κ3) is 3.18. The van der Waals surface area contributed by atoms with Gasteiger partial charge in [-0.05, 0) is 59.2 Å². The van der Waals surface area contributed by atoms with Crippen LogP contribution in [0.1, 0.15) is 52.4 Å². The first-order valence-electron chi connectivity index (χ1n) is 6.37. The van der Waals surface area contributed by atoms with Crippen molar-refractivity contribution in [3.8, 4) is 0 Å². The Hall–Kier alpha value is -0.630. The van der Waals surface area contributed by atoms with Crippen molar-refractivity contribution in [2.24, 2.45) is 0 Å². The van der Waals surface area contributed by atoms with Crippen LogP contribution in [-0.4, -0.2) is 30.3 Å². The van der Waals surface area contributed by atoms with Gasteiger partial charge in [0.1, 0.15) is 0 Å². The highest BCUT2D eigenvalue weighted by atomic mass is 16.1. The second kappa shape index (κ2) is 5.62. The van der Waals surface area contributed by atoms with Gasteiger partial charge in [0.25, 0.3) is 0 Å². The molecule has 0 N–H and O–H groups in total. The van der Waals surface area contributed by atoms with Gasteiger partial charge in [0, 0.05) is 0 Å². The van der Waals surface area contributed by atoms with Crippen molar-refractivity contribution in [1.29, 1.82) is 0 Å². The fourth-order valence-electron chi connectivity index (χ4n) is 1.99. The molecule has 0 aromatic carbocycles. The second-order valence-corrected chi connectivity index (χ2v) is 5.46. The Bertz CT molecular complexity index is 276. The summed E-state index contributed by atoms with van der Waals surface area (Å²) < 4.78 is 0. The van der Waals surface area contributed by atoms with E-state index in [2.05, 4.69) is 6.08 Å². The molecule has 0 aromatic heterocycles. The van der Waals surface area contributed by atoms with Gasteiger partial charge in [0.2, 0.25) is 0 Å². The lowest BCUT2D eigenvalue weighted by Gasteiger charge is -2.32. The van der Waals surface area contributed by atoms with Crippen LogP contribution in [0.15, 0.2) is 11.6 Å². The van der Waals surface area contributed by atoms with Crippen LogP contribution < -0.4 is 0 Å². The van der Waals surface area contributed by atoms with E-state index in [1.807, 2.05) is 32.8 Å². The molecule has 0 aromatic rings. The molecule has 2 heteroatoms. The van der Waals surface area contributed by atoms with E-state index in [4.69, 9.17) is 0 Å². The molecule has 0 aliphatic heterocycles. The first kappa shape index (κ1) is 13.4. The maximum absolute atomic E-state index is 12.4. The summed E-state index contributed by atoms with van der Waals surface area (Å²) in [4.78, 5) is 14.4. The zero-order valence-electron chi connectivity index (χ0n) is 11.2. The quantitative estimate of drug-likeness (QED) is 0.732. The van der Waals surface area contributed by atoms with E-state index in [9.17, 15) is 4.79 Å². The fraction of sp³-hybridized carbons (Fsp3) is 0.786. The van der Waals surface area contributed by atoms with E-state index in [-0.39, 0.29) is 5.54 Å². The standard InChI is InChI=1S/C14H25NO/c1-14(2,15(3)4)13(16)12-10-8-6-5-7-9-11-12/h10H,5-9,11H2,1-4H3. The van der Waals surface area contributed by atoms with Gasteiger partial charge in [-0.15, -0.1) is 0 Å². The third-order valence-electron chi connectivity index (χ3n) is 3.76. The maximum Gasteiger partial charge on any atom is 0.178 e. The van der Waals surface area contributed by atoms with E-state index in [0.717, 1.165) is 18.4 Å². The number of hydrogen-bond donors (Lipinski definition) is 0. The highest BCUT2D eigenvalue weighted by molar-refractivity contribution is 6.02. The number of rotatable bonds is 3. The van der Waals surface area contributed by atoms with Crippen molar-refractivity contribution < 1.29 is 4.79 Å². The highest BCUT2D eigenvalue weighted by Gasteiger charge is 2.31. The molecule has 0 unspecified atom stereocenters. The number of hydrogen-bond acceptors (Lipinski definition) is 2. The van der Waals surface area contributed by atoms with Gasteiger partial charge in [0.15, 0.2) is 5.78 Å². The molecule has 0 fully saturated rings. The number of carbonyl (C=O) groups is 1. The summed E-state index contributed by atoms with van der Waals surface area (Å²) >= 11 is 0. The average Bonchev–Trinajstić information content (AvgIpc) is 2.16. The highest BCUT2D eigenvalue weighted by Crippen LogP contribution is 2.23. The van der Waals surface area contributed by atoms with Gasteiger partial charge in [0.05, 0.1) is 5.54 Å². The molecular formula is C14H25NO. The van der Waals surface area contributed by atoms with E-state index < -0.39 is 0 Å². The number of ketones is 1. The monoisotopic (exact) mass is 223 g/mol. The number of Topliss-reactive ketones (excluding diaryl/α,β-unsaturated/α-hetero) is 1. The zero-order chi connectivity index (χ0) is 12.2. The Kier molecular flexibility index (Phi) is 4.72. The molecule has 2 nitrogen and oxygen atoms in total. The SMILES string of the molecule is CN(C)C(C)(C)C(=O)C1=CCCCCCC1. The molecule has 0 bridgehead atoms. The van der Waals surface area contributed by atoms with Crippen molar-refractivity contribution in [3.05, 3.63) is 11.6 Å².